The van der Waals surface area contributed by atoms with Crippen LogP contribution in [-0.4, -0.2) is 34.7 Å². The van der Waals surface area contributed by atoms with E-state index in [-0.39, 0.29) is 16.5 Å². The molecule has 11 heteroatoms. The number of benzene rings is 2. The number of sulfonamides is 1. The predicted octanol–water partition coefficient (Wildman–Crippen LogP) is 3.67. The van der Waals surface area contributed by atoms with E-state index in [0.29, 0.717) is 5.69 Å². The quantitative estimate of drug-likeness (QED) is 0.588. The van der Waals surface area contributed by atoms with Crippen LogP contribution in [0.25, 0.3) is 5.69 Å². The van der Waals surface area contributed by atoms with Crippen molar-refractivity contribution in [3.8, 4) is 5.69 Å². The summed E-state index contributed by atoms with van der Waals surface area (Å²) in [7, 11) is -4.15. The summed E-state index contributed by atoms with van der Waals surface area (Å²) >= 11 is 0. The van der Waals surface area contributed by atoms with E-state index >= 15 is 0 Å². The Morgan fingerprint density at radius 1 is 1.13 bits per heavy atom. The van der Waals surface area contributed by atoms with Crippen molar-refractivity contribution in [2.45, 2.75) is 36.9 Å². The molecule has 0 spiro atoms. The molecule has 0 amide bonds. The van der Waals surface area contributed by atoms with Gasteiger partial charge in [0.25, 0.3) is 10.0 Å². The SMILES string of the molecule is C[C@@H](C1CC1)N(c1cccc(C(F)(F)F)c1)S(=O)(=O)c1cccc(-n2cnnn2)c1. The highest BCUT2D eigenvalue weighted by Gasteiger charge is 2.40. The number of rotatable bonds is 6. The van der Waals surface area contributed by atoms with Gasteiger partial charge in [-0.1, -0.05) is 12.1 Å². The van der Waals surface area contributed by atoms with Gasteiger partial charge in [-0.15, -0.1) is 5.10 Å². The Morgan fingerprint density at radius 3 is 2.50 bits per heavy atom. The molecule has 158 valence electrons. The molecule has 1 heterocycles. The molecule has 1 aliphatic rings. The second kappa shape index (κ2) is 7.38. The summed E-state index contributed by atoms with van der Waals surface area (Å²) in [5, 5.41) is 10.8. The number of aromatic nitrogens is 4. The summed E-state index contributed by atoms with van der Waals surface area (Å²) in [6, 6.07) is 9.89. The van der Waals surface area contributed by atoms with Crippen molar-refractivity contribution < 1.29 is 21.6 Å². The fourth-order valence-corrected chi connectivity index (χ4v) is 5.11. The molecule has 0 aliphatic heterocycles. The number of hydrogen-bond acceptors (Lipinski definition) is 5. The highest BCUT2D eigenvalue weighted by molar-refractivity contribution is 7.92. The van der Waals surface area contributed by atoms with Crippen LogP contribution in [0.4, 0.5) is 18.9 Å². The van der Waals surface area contributed by atoms with Gasteiger partial charge >= 0.3 is 6.18 Å². The second-order valence-corrected chi connectivity index (χ2v) is 8.99. The Kier molecular flexibility index (Phi) is 5.00. The summed E-state index contributed by atoms with van der Waals surface area (Å²) in [6.07, 6.45) is -1.59. The number of halogens is 3. The Morgan fingerprint density at radius 2 is 1.87 bits per heavy atom. The third-order valence-electron chi connectivity index (χ3n) is 5.09. The largest absolute Gasteiger partial charge is 0.416 e. The molecule has 1 atom stereocenters. The van der Waals surface area contributed by atoms with Crippen molar-refractivity contribution in [1.82, 2.24) is 20.2 Å². The molecule has 0 unspecified atom stereocenters. The standard InChI is InChI=1S/C19H18F3N5O2S/c1-13(14-8-9-14)27(17-6-2-4-15(10-17)19(20,21)22)30(28,29)18-7-3-5-16(11-18)26-12-23-24-25-26/h2-7,10-14H,8-9H2,1H3/t13-/m0/s1. The first-order chi connectivity index (χ1) is 14.2. The highest BCUT2D eigenvalue weighted by Crippen LogP contribution is 2.41. The van der Waals surface area contributed by atoms with Gasteiger partial charge in [0.1, 0.15) is 6.33 Å². The summed E-state index contributed by atoms with van der Waals surface area (Å²) in [6.45, 7) is 1.72. The Hall–Kier alpha value is -2.95. The molecule has 0 bridgehead atoms. The zero-order valence-corrected chi connectivity index (χ0v) is 16.7. The predicted molar refractivity (Wildman–Crippen MR) is 102 cm³/mol. The fraction of sp³-hybridized carbons (Fsp3) is 0.316. The van der Waals surface area contributed by atoms with Gasteiger partial charge in [-0.25, -0.2) is 13.1 Å². The first kappa shape index (κ1) is 20.3. The Labute approximate surface area is 171 Å². The number of tetrazole rings is 1. The first-order valence-electron chi connectivity index (χ1n) is 9.23. The van der Waals surface area contributed by atoms with Crippen molar-refractivity contribution in [3.05, 3.63) is 60.4 Å². The van der Waals surface area contributed by atoms with Crippen LogP contribution in [-0.2, 0) is 16.2 Å². The zero-order chi connectivity index (χ0) is 21.5. The van der Waals surface area contributed by atoms with Gasteiger partial charge in [-0.05, 0) is 72.5 Å². The van der Waals surface area contributed by atoms with Gasteiger partial charge in [0.05, 0.1) is 21.8 Å². The van der Waals surface area contributed by atoms with Crippen LogP contribution >= 0.6 is 0 Å². The van der Waals surface area contributed by atoms with E-state index in [1.165, 1.54) is 41.3 Å². The lowest BCUT2D eigenvalue weighted by Crippen LogP contribution is -2.40. The molecule has 1 aromatic heterocycles. The lowest BCUT2D eigenvalue weighted by Gasteiger charge is -2.31. The molecule has 30 heavy (non-hydrogen) atoms. The molecule has 0 N–H and O–H groups in total. The molecule has 1 saturated carbocycles. The van der Waals surface area contributed by atoms with E-state index in [4.69, 9.17) is 0 Å². The first-order valence-corrected chi connectivity index (χ1v) is 10.7. The molecule has 4 rings (SSSR count). The van der Waals surface area contributed by atoms with Crippen LogP contribution in [0.15, 0.2) is 59.8 Å². The normalized spacial score (nSPS) is 15.7. The summed E-state index contributed by atoms with van der Waals surface area (Å²) in [4.78, 5) is -0.0552. The Bertz CT molecular complexity index is 1140. The number of alkyl halides is 3. The second-order valence-electron chi connectivity index (χ2n) is 7.18. The lowest BCUT2D eigenvalue weighted by atomic mass is 10.1. The molecule has 2 aromatic carbocycles. The van der Waals surface area contributed by atoms with E-state index < -0.39 is 27.8 Å². The molecule has 7 nitrogen and oxygen atoms in total. The topological polar surface area (TPSA) is 81.0 Å². The fourth-order valence-electron chi connectivity index (χ4n) is 3.36. The van der Waals surface area contributed by atoms with Gasteiger partial charge in [0.15, 0.2) is 0 Å². The van der Waals surface area contributed by atoms with E-state index in [9.17, 15) is 21.6 Å². The minimum atomic E-state index is -4.58. The summed E-state index contributed by atoms with van der Waals surface area (Å²) in [5.74, 6) is 0.0945. The van der Waals surface area contributed by atoms with Crippen molar-refractivity contribution in [2.75, 3.05) is 4.31 Å². The van der Waals surface area contributed by atoms with Crippen molar-refractivity contribution >= 4 is 15.7 Å². The maximum Gasteiger partial charge on any atom is 0.416 e. The smallest absolute Gasteiger partial charge is 0.263 e. The van der Waals surface area contributed by atoms with Crippen LogP contribution in [0.5, 0.6) is 0 Å². The molecule has 0 radical (unpaired) electrons. The molecular formula is C19H18F3N5O2S. The minimum absolute atomic E-state index is 0.0166. The van der Waals surface area contributed by atoms with Crippen LogP contribution < -0.4 is 4.31 Å². The zero-order valence-electron chi connectivity index (χ0n) is 15.9. The molecule has 3 aromatic rings. The van der Waals surface area contributed by atoms with Crippen molar-refractivity contribution in [2.24, 2.45) is 5.92 Å². The maximum atomic E-state index is 13.6. The minimum Gasteiger partial charge on any atom is -0.263 e. The molecule has 0 saturated heterocycles. The lowest BCUT2D eigenvalue weighted by molar-refractivity contribution is -0.137. The van der Waals surface area contributed by atoms with Gasteiger partial charge < -0.3 is 0 Å². The van der Waals surface area contributed by atoms with Gasteiger partial charge in [0.2, 0.25) is 0 Å². The van der Waals surface area contributed by atoms with E-state index in [1.54, 1.807) is 13.0 Å². The van der Waals surface area contributed by atoms with Crippen LogP contribution in [0.3, 0.4) is 0 Å². The van der Waals surface area contributed by atoms with Crippen LogP contribution in [0.2, 0.25) is 0 Å². The molecule has 1 fully saturated rings. The third-order valence-corrected chi connectivity index (χ3v) is 7.00. The molecular weight excluding hydrogens is 419 g/mol. The average Bonchev–Trinajstić information content (AvgIpc) is 3.42. The van der Waals surface area contributed by atoms with Crippen molar-refractivity contribution in [1.29, 1.82) is 0 Å². The van der Waals surface area contributed by atoms with E-state index in [2.05, 4.69) is 15.5 Å². The highest BCUT2D eigenvalue weighted by atomic mass is 32.2. The number of nitrogens with zero attached hydrogens (tertiary/aromatic N) is 5. The van der Waals surface area contributed by atoms with Gasteiger partial charge in [-0.2, -0.15) is 13.2 Å². The average molecular weight is 437 g/mol. The van der Waals surface area contributed by atoms with Gasteiger partial charge in [-0.3, -0.25) is 4.31 Å². The van der Waals surface area contributed by atoms with E-state index in [0.717, 1.165) is 29.3 Å². The summed E-state index contributed by atoms with van der Waals surface area (Å²) < 4.78 is 69.3. The molecule has 1 aliphatic carbocycles. The van der Waals surface area contributed by atoms with Gasteiger partial charge in [0, 0.05) is 6.04 Å². The third kappa shape index (κ3) is 3.89. The van der Waals surface area contributed by atoms with Crippen LogP contribution in [0, 0.1) is 5.92 Å². The number of anilines is 1. The maximum absolute atomic E-state index is 13.6. The van der Waals surface area contributed by atoms with Crippen molar-refractivity contribution in [3.63, 3.8) is 0 Å². The number of hydrogen-bond donors (Lipinski definition) is 0. The Balaban J connectivity index is 1.81. The van der Waals surface area contributed by atoms with Crippen LogP contribution in [0.1, 0.15) is 25.3 Å². The van der Waals surface area contributed by atoms with E-state index in [1.807, 2.05) is 0 Å². The monoisotopic (exact) mass is 437 g/mol. The summed E-state index contributed by atoms with van der Waals surface area (Å²) in [5.41, 5.74) is -0.494.